The number of aryl methyl sites for hydroxylation is 1. The summed E-state index contributed by atoms with van der Waals surface area (Å²) in [7, 11) is 1.37. The number of methoxy groups -OCH3 is 1. The normalized spacial score (nSPS) is 27.4. The molecule has 214 valence electrons. The second kappa shape index (κ2) is 11.7. The van der Waals surface area contributed by atoms with Gasteiger partial charge in [-0.2, -0.15) is 0 Å². The second-order valence-corrected chi connectivity index (χ2v) is 12.3. The molecule has 0 saturated carbocycles. The summed E-state index contributed by atoms with van der Waals surface area (Å²) in [5.41, 5.74) is 0.607. The lowest BCUT2D eigenvalue weighted by atomic mass is 9.65. The van der Waals surface area contributed by atoms with Crippen LogP contribution >= 0.6 is 0 Å². The van der Waals surface area contributed by atoms with Crippen molar-refractivity contribution in [1.82, 2.24) is 10.2 Å². The highest BCUT2D eigenvalue weighted by atomic mass is 16.5. The molecule has 3 heterocycles. The first kappa shape index (κ1) is 29.1. The zero-order valence-corrected chi connectivity index (χ0v) is 24.3. The molecule has 1 fully saturated rings. The molecule has 0 spiro atoms. The van der Waals surface area contributed by atoms with Crippen LogP contribution in [0.15, 0.2) is 40.0 Å². The third-order valence-corrected chi connectivity index (χ3v) is 8.42. The Morgan fingerprint density at radius 1 is 1.23 bits per heavy atom. The maximum atomic E-state index is 14.1. The van der Waals surface area contributed by atoms with Crippen molar-refractivity contribution in [2.75, 3.05) is 13.7 Å². The van der Waals surface area contributed by atoms with Crippen LogP contribution in [0.25, 0.3) is 0 Å². The Balaban J connectivity index is 1.65. The monoisotopic (exact) mass is 540 g/mol. The lowest BCUT2D eigenvalue weighted by Crippen LogP contribution is -2.61. The van der Waals surface area contributed by atoms with Gasteiger partial charge in [-0.3, -0.25) is 14.4 Å². The molecule has 39 heavy (non-hydrogen) atoms. The van der Waals surface area contributed by atoms with Gasteiger partial charge in [0.1, 0.15) is 16.9 Å². The minimum atomic E-state index is -1.17. The number of piperidine rings is 1. The number of furan rings is 1. The van der Waals surface area contributed by atoms with Gasteiger partial charge in [-0.05, 0) is 76.0 Å². The molecule has 0 bridgehead atoms. The van der Waals surface area contributed by atoms with E-state index in [1.165, 1.54) is 19.1 Å². The third kappa shape index (κ3) is 6.16. The van der Waals surface area contributed by atoms with Crippen molar-refractivity contribution in [2.45, 2.75) is 98.3 Å². The highest BCUT2D eigenvalue weighted by Gasteiger charge is 2.60. The SMILES string of the molecule is COC(=O)[C@]12C[C@H](CC(=O)NCc3ccc(C)o3)C(=O)N(CCC3=CCCCC3)C1=C[C@H](C(C)(C)C)O[C@@H]2C. The van der Waals surface area contributed by atoms with Crippen LogP contribution in [0, 0.1) is 23.7 Å². The molecule has 0 aromatic carbocycles. The van der Waals surface area contributed by atoms with Gasteiger partial charge in [-0.1, -0.05) is 32.4 Å². The third-order valence-electron chi connectivity index (χ3n) is 8.42. The molecule has 4 atom stereocenters. The summed E-state index contributed by atoms with van der Waals surface area (Å²) in [6, 6.07) is 3.66. The minimum Gasteiger partial charge on any atom is -0.468 e. The van der Waals surface area contributed by atoms with Gasteiger partial charge in [-0.15, -0.1) is 0 Å². The molecule has 2 aliphatic heterocycles. The quantitative estimate of drug-likeness (QED) is 0.359. The van der Waals surface area contributed by atoms with Crippen molar-refractivity contribution in [1.29, 1.82) is 0 Å². The summed E-state index contributed by atoms with van der Waals surface area (Å²) in [6.07, 6.45) is 8.75. The Morgan fingerprint density at radius 2 is 2.00 bits per heavy atom. The van der Waals surface area contributed by atoms with Crippen LogP contribution in [0.5, 0.6) is 0 Å². The van der Waals surface area contributed by atoms with Gasteiger partial charge >= 0.3 is 5.97 Å². The van der Waals surface area contributed by atoms with Crippen LogP contribution < -0.4 is 5.32 Å². The minimum absolute atomic E-state index is 0.0286. The summed E-state index contributed by atoms with van der Waals surface area (Å²) in [5, 5.41) is 2.87. The molecular weight excluding hydrogens is 496 g/mol. The van der Waals surface area contributed by atoms with Crippen molar-refractivity contribution in [3.8, 4) is 0 Å². The van der Waals surface area contributed by atoms with Gasteiger partial charge < -0.3 is 24.1 Å². The predicted molar refractivity (Wildman–Crippen MR) is 147 cm³/mol. The molecule has 1 aromatic rings. The van der Waals surface area contributed by atoms with Crippen LogP contribution in [0.1, 0.15) is 84.2 Å². The van der Waals surface area contributed by atoms with Crippen molar-refractivity contribution in [3.63, 3.8) is 0 Å². The molecule has 1 N–H and O–H groups in total. The molecular formula is C31H44N2O6. The zero-order chi connectivity index (χ0) is 28.4. The lowest BCUT2D eigenvalue weighted by molar-refractivity contribution is -0.180. The number of amides is 2. The molecule has 0 radical (unpaired) electrons. The van der Waals surface area contributed by atoms with Crippen molar-refractivity contribution < 1.29 is 28.3 Å². The van der Waals surface area contributed by atoms with Crippen molar-refractivity contribution in [2.24, 2.45) is 16.7 Å². The molecule has 8 nitrogen and oxygen atoms in total. The number of carbonyl (C=O) groups is 3. The number of nitrogens with zero attached hydrogens (tertiary/aromatic N) is 1. The molecule has 0 unspecified atom stereocenters. The Morgan fingerprint density at radius 3 is 2.62 bits per heavy atom. The van der Waals surface area contributed by atoms with E-state index in [0.717, 1.165) is 31.4 Å². The number of likely N-dealkylation sites (tertiary alicyclic amines) is 1. The van der Waals surface area contributed by atoms with Crippen LogP contribution in [-0.2, 0) is 30.4 Å². The summed E-state index contributed by atoms with van der Waals surface area (Å²) in [4.78, 5) is 42.4. The average molecular weight is 541 g/mol. The zero-order valence-electron chi connectivity index (χ0n) is 24.3. The number of rotatable bonds is 8. The number of ether oxygens (including phenoxy) is 2. The Hall–Kier alpha value is -2.87. The topological polar surface area (TPSA) is 98.1 Å². The van der Waals surface area contributed by atoms with E-state index in [2.05, 4.69) is 32.2 Å². The van der Waals surface area contributed by atoms with Gasteiger partial charge in [0.05, 0.1) is 25.9 Å². The molecule has 1 aromatic heterocycles. The smallest absolute Gasteiger partial charge is 0.320 e. The van der Waals surface area contributed by atoms with Gasteiger partial charge in [0.25, 0.3) is 0 Å². The summed E-state index contributed by atoms with van der Waals surface area (Å²) in [5.74, 6) is -0.0807. The largest absolute Gasteiger partial charge is 0.468 e. The number of nitrogens with one attached hydrogen (secondary N) is 1. The first-order valence-corrected chi connectivity index (χ1v) is 14.2. The first-order chi connectivity index (χ1) is 18.5. The van der Waals surface area contributed by atoms with E-state index in [1.54, 1.807) is 4.90 Å². The number of esters is 1. The number of hydrogen-bond acceptors (Lipinski definition) is 6. The molecule has 8 heteroatoms. The van der Waals surface area contributed by atoms with Gasteiger partial charge in [-0.25, -0.2) is 0 Å². The van der Waals surface area contributed by atoms with E-state index in [0.29, 0.717) is 18.0 Å². The fourth-order valence-corrected chi connectivity index (χ4v) is 6.12. The first-order valence-electron chi connectivity index (χ1n) is 14.2. The summed E-state index contributed by atoms with van der Waals surface area (Å²) < 4.78 is 17.4. The van der Waals surface area contributed by atoms with Crippen LogP contribution in [0.3, 0.4) is 0 Å². The van der Waals surface area contributed by atoms with Gasteiger partial charge in [0, 0.05) is 24.6 Å². The summed E-state index contributed by atoms with van der Waals surface area (Å²) >= 11 is 0. The van der Waals surface area contributed by atoms with Crippen LogP contribution in [0.4, 0.5) is 0 Å². The maximum absolute atomic E-state index is 14.1. The fraction of sp³-hybridized carbons (Fsp3) is 0.645. The molecule has 3 aliphatic rings. The Kier molecular flexibility index (Phi) is 8.74. The number of hydrogen-bond donors (Lipinski definition) is 1. The molecule has 1 aliphatic carbocycles. The van der Waals surface area contributed by atoms with E-state index < -0.39 is 23.4 Å². The number of allylic oxidation sites excluding steroid dienone is 1. The number of carbonyl (C=O) groups excluding carboxylic acids is 3. The second-order valence-electron chi connectivity index (χ2n) is 12.3. The highest BCUT2D eigenvalue weighted by Crippen LogP contribution is 2.52. The Labute approximate surface area is 232 Å². The number of fused-ring (bicyclic) bond motifs is 1. The Bertz CT molecular complexity index is 1140. The molecule has 1 saturated heterocycles. The van der Waals surface area contributed by atoms with E-state index in [9.17, 15) is 14.4 Å². The standard InChI is InChI=1S/C31H44N2O6/c1-20-12-13-24(38-20)19-32-27(34)16-23-18-31(29(36)37-6)21(2)39-26(30(3,4)5)17-25(31)33(28(23)35)15-14-22-10-8-7-9-11-22/h10,12-13,17,21,23,26H,7-9,11,14-16,18-19H2,1-6H3,(H,32,34)/t21-,23+,26-,31+/m1/s1. The van der Waals surface area contributed by atoms with Crippen LogP contribution in [-0.4, -0.2) is 48.5 Å². The average Bonchev–Trinajstić information content (AvgIpc) is 3.32. The van der Waals surface area contributed by atoms with Crippen molar-refractivity contribution in [3.05, 3.63) is 47.1 Å². The van der Waals surface area contributed by atoms with E-state index in [4.69, 9.17) is 13.9 Å². The molecule has 4 rings (SSSR count). The fourth-order valence-electron chi connectivity index (χ4n) is 6.12. The predicted octanol–water partition coefficient (Wildman–Crippen LogP) is 5.21. The van der Waals surface area contributed by atoms with Crippen LogP contribution in [0.2, 0.25) is 0 Å². The summed E-state index contributed by atoms with van der Waals surface area (Å²) in [6.45, 7) is 10.7. The van der Waals surface area contributed by atoms with E-state index in [-0.39, 0.29) is 42.7 Å². The lowest BCUT2D eigenvalue weighted by Gasteiger charge is -2.53. The van der Waals surface area contributed by atoms with Gasteiger partial charge in [0.2, 0.25) is 11.8 Å². The van der Waals surface area contributed by atoms with Crippen molar-refractivity contribution >= 4 is 17.8 Å². The van der Waals surface area contributed by atoms with E-state index in [1.807, 2.05) is 32.1 Å². The van der Waals surface area contributed by atoms with Gasteiger partial charge in [0.15, 0.2) is 0 Å². The van der Waals surface area contributed by atoms with E-state index >= 15 is 0 Å². The highest BCUT2D eigenvalue weighted by molar-refractivity contribution is 5.92. The maximum Gasteiger partial charge on any atom is 0.320 e. The molecule has 2 amide bonds.